The van der Waals surface area contributed by atoms with Gasteiger partial charge in [-0.2, -0.15) is 0 Å². The van der Waals surface area contributed by atoms with Crippen LogP contribution in [0.2, 0.25) is 5.02 Å². The molecule has 0 unspecified atom stereocenters. The van der Waals surface area contributed by atoms with Gasteiger partial charge in [-0.15, -0.1) is 0 Å². The molecule has 2 rings (SSSR count). The number of nitrogens with one attached hydrogen (secondary N) is 1. The Morgan fingerprint density at radius 3 is 2.70 bits per heavy atom. The van der Waals surface area contributed by atoms with E-state index in [2.05, 4.69) is 10.5 Å². The summed E-state index contributed by atoms with van der Waals surface area (Å²) in [7, 11) is 0. The lowest BCUT2D eigenvalue weighted by molar-refractivity contribution is -0.122. The van der Waals surface area contributed by atoms with Gasteiger partial charge in [-0.3, -0.25) is 4.79 Å². The van der Waals surface area contributed by atoms with Crippen molar-refractivity contribution in [3.05, 3.63) is 28.8 Å². The second kappa shape index (κ2) is 5.71. The van der Waals surface area contributed by atoms with Crippen LogP contribution < -0.4 is 11.1 Å². The number of aryl methyl sites for hydroxylation is 1. The van der Waals surface area contributed by atoms with Gasteiger partial charge in [0, 0.05) is 10.7 Å². The second-order valence-corrected chi connectivity index (χ2v) is 5.62. The zero-order valence-corrected chi connectivity index (χ0v) is 12.1. The topological polar surface area (TPSA) is 87.7 Å². The molecule has 1 amide bonds. The maximum absolute atomic E-state index is 12.6. The third-order valence-corrected chi connectivity index (χ3v) is 4.17. The molecule has 0 aromatic heterocycles. The number of anilines is 1. The number of nitrogens with two attached hydrogens (primary N) is 1. The molecular weight excluding hydrogens is 278 g/mol. The summed E-state index contributed by atoms with van der Waals surface area (Å²) in [4.78, 5) is 12.6. The van der Waals surface area contributed by atoms with Crippen LogP contribution >= 0.6 is 11.6 Å². The number of rotatable bonds is 3. The molecule has 1 aliphatic rings. The fourth-order valence-electron chi connectivity index (χ4n) is 2.64. The van der Waals surface area contributed by atoms with Crippen molar-refractivity contribution < 1.29 is 10.0 Å². The first-order chi connectivity index (χ1) is 9.49. The van der Waals surface area contributed by atoms with Crippen molar-refractivity contribution in [2.24, 2.45) is 16.3 Å². The molecule has 1 aromatic carbocycles. The molecule has 4 N–H and O–H groups in total. The molecule has 1 aromatic rings. The van der Waals surface area contributed by atoms with E-state index in [9.17, 15) is 4.79 Å². The van der Waals surface area contributed by atoms with Gasteiger partial charge in [-0.25, -0.2) is 0 Å². The Morgan fingerprint density at radius 1 is 1.45 bits per heavy atom. The molecule has 0 atom stereocenters. The number of carbonyl (C=O) groups excluding carboxylic acids is 1. The van der Waals surface area contributed by atoms with Crippen molar-refractivity contribution in [2.75, 3.05) is 5.32 Å². The average Bonchev–Trinajstić information content (AvgIpc) is 2.92. The van der Waals surface area contributed by atoms with Crippen LogP contribution in [0.15, 0.2) is 23.4 Å². The summed E-state index contributed by atoms with van der Waals surface area (Å²) in [5.41, 5.74) is 6.40. The molecule has 1 fully saturated rings. The summed E-state index contributed by atoms with van der Waals surface area (Å²) >= 11 is 5.94. The number of hydrogen-bond acceptors (Lipinski definition) is 3. The van der Waals surface area contributed by atoms with Crippen molar-refractivity contribution in [3.63, 3.8) is 0 Å². The molecule has 1 aliphatic carbocycles. The molecule has 5 nitrogen and oxygen atoms in total. The van der Waals surface area contributed by atoms with Gasteiger partial charge in [-0.05, 0) is 37.5 Å². The van der Waals surface area contributed by atoms with E-state index >= 15 is 0 Å². The lowest BCUT2D eigenvalue weighted by Gasteiger charge is -2.26. The summed E-state index contributed by atoms with van der Waals surface area (Å²) in [6.07, 6.45) is 2.96. The SMILES string of the molecule is Cc1ccc(Cl)cc1NC(=O)C1(C(N)=NO)CCCC1. The number of halogens is 1. The fraction of sp³-hybridized carbons (Fsp3) is 0.429. The zero-order chi connectivity index (χ0) is 14.8. The van der Waals surface area contributed by atoms with E-state index in [0.717, 1.165) is 18.4 Å². The molecular formula is C14H18ClN3O2. The number of benzene rings is 1. The molecule has 0 spiro atoms. The van der Waals surface area contributed by atoms with E-state index in [-0.39, 0.29) is 11.7 Å². The van der Waals surface area contributed by atoms with Crippen molar-refractivity contribution in [2.45, 2.75) is 32.6 Å². The third-order valence-electron chi connectivity index (χ3n) is 3.94. The molecule has 0 saturated heterocycles. The highest BCUT2D eigenvalue weighted by Crippen LogP contribution is 2.39. The van der Waals surface area contributed by atoms with Gasteiger partial charge in [0.2, 0.25) is 5.91 Å². The smallest absolute Gasteiger partial charge is 0.238 e. The Hall–Kier alpha value is -1.75. The van der Waals surface area contributed by atoms with E-state index in [1.807, 2.05) is 13.0 Å². The van der Waals surface area contributed by atoms with Crippen LogP contribution in [-0.4, -0.2) is 17.0 Å². The normalized spacial score (nSPS) is 18.0. The first-order valence-corrected chi connectivity index (χ1v) is 6.93. The highest BCUT2D eigenvalue weighted by molar-refractivity contribution is 6.31. The molecule has 108 valence electrons. The monoisotopic (exact) mass is 295 g/mol. The summed E-state index contributed by atoms with van der Waals surface area (Å²) in [6.45, 7) is 1.89. The van der Waals surface area contributed by atoms with Crippen molar-refractivity contribution in [1.29, 1.82) is 0 Å². The Labute approximate surface area is 122 Å². The average molecular weight is 296 g/mol. The van der Waals surface area contributed by atoms with Gasteiger partial charge in [0.1, 0.15) is 5.41 Å². The molecule has 1 saturated carbocycles. The Bertz CT molecular complexity index is 551. The number of hydrogen-bond donors (Lipinski definition) is 3. The van der Waals surface area contributed by atoms with Gasteiger partial charge >= 0.3 is 0 Å². The van der Waals surface area contributed by atoms with E-state index < -0.39 is 5.41 Å². The summed E-state index contributed by atoms with van der Waals surface area (Å²) in [6, 6.07) is 5.30. The van der Waals surface area contributed by atoms with Crippen LogP contribution in [0.25, 0.3) is 0 Å². The van der Waals surface area contributed by atoms with E-state index in [4.69, 9.17) is 22.5 Å². The third kappa shape index (κ3) is 2.58. The Balaban J connectivity index is 2.28. The number of nitrogens with zero attached hydrogens (tertiary/aromatic N) is 1. The highest BCUT2D eigenvalue weighted by atomic mass is 35.5. The number of amidine groups is 1. The van der Waals surface area contributed by atoms with E-state index in [0.29, 0.717) is 23.6 Å². The Morgan fingerprint density at radius 2 is 2.10 bits per heavy atom. The Kier molecular flexibility index (Phi) is 4.18. The van der Waals surface area contributed by atoms with Crippen LogP contribution in [0.5, 0.6) is 0 Å². The van der Waals surface area contributed by atoms with Crippen LogP contribution in [0.3, 0.4) is 0 Å². The van der Waals surface area contributed by atoms with Crippen molar-refractivity contribution in [1.82, 2.24) is 0 Å². The minimum Gasteiger partial charge on any atom is -0.409 e. The summed E-state index contributed by atoms with van der Waals surface area (Å²) in [5, 5.41) is 15.4. The fourth-order valence-corrected chi connectivity index (χ4v) is 2.82. The van der Waals surface area contributed by atoms with Crippen molar-refractivity contribution in [3.8, 4) is 0 Å². The molecule has 6 heteroatoms. The standard InChI is InChI=1S/C14H18ClN3O2/c1-9-4-5-10(15)8-11(9)17-13(19)14(12(16)18-20)6-2-3-7-14/h4-5,8,20H,2-3,6-7H2,1H3,(H2,16,18)(H,17,19). The molecule has 0 bridgehead atoms. The second-order valence-electron chi connectivity index (χ2n) is 5.19. The van der Waals surface area contributed by atoms with Gasteiger partial charge in [0.25, 0.3) is 0 Å². The molecule has 0 aliphatic heterocycles. The van der Waals surface area contributed by atoms with Gasteiger partial charge in [-0.1, -0.05) is 35.7 Å². The van der Waals surface area contributed by atoms with Crippen molar-refractivity contribution >= 4 is 29.0 Å². The maximum Gasteiger partial charge on any atom is 0.238 e. The quantitative estimate of drug-likeness (QED) is 0.347. The maximum atomic E-state index is 12.6. The summed E-state index contributed by atoms with van der Waals surface area (Å²) in [5.74, 6) is -0.261. The molecule has 0 heterocycles. The number of carbonyl (C=O) groups is 1. The predicted molar refractivity (Wildman–Crippen MR) is 79.1 cm³/mol. The van der Waals surface area contributed by atoms with E-state index in [1.54, 1.807) is 12.1 Å². The first-order valence-electron chi connectivity index (χ1n) is 6.55. The minimum absolute atomic E-state index is 0.0211. The minimum atomic E-state index is -0.913. The number of amides is 1. The molecule has 20 heavy (non-hydrogen) atoms. The summed E-state index contributed by atoms with van der Waals surface area (Å²) < 4.78 is 0. The zero-order valence-electron chi connectivity index (χ0n) is 11.3. The van der Waals surface area contributed by atoms with Crippen LogP contribution in [0.1, 0.15) is 31.2 Å². The van der Waals surface area contributed by atoms with Gasteiger partial charge < -0.3 is 16.3 Å². The van der Waals surface area contributed by atoms with Crippen LogP contribution in [0.4, 0.5) is 5.69 Å². The predicted octanol–water partition coefficient (Wildman–Crippen LogP) is 2.89. The lowest BCUT2D eigenvalue weighted by atomic mass is 9.83. The molecule has 0 radical (unpaired) electrons. The van der Waals surface area contributed by atoms with Gasteiger partial charge in [0.15, 0.2) is 5.84 Å². The van der Waals surface area contributed by atoms with Gasteiger partial charge in [0.05, 0.1) is 0 Å². The number of oxime groups is 1. The lowest BCUT2D eigenvalue weighted by Crippen LogP contribution is -2.45. The van der Waals surface area contributed by atoms with Crippen LogP contribution in [-0.2, 0) is 4.79 Å². The first kappa shape index (κ1) is 14.7. The van der Waals surface area contributed by atoms with Crippen LogP contribution in [0, 0.1) is 12.3 Å². The highest BCUT2D eigenvalue weighted by Gasteiger charge is 2.45. The largest absolute Gasteiger partial charge is 0.409 e. The van der Waals surface area contributed by atoms with E-state index in [1.165, 1.54) is 0 Å².